The van der Waals surface area contributed by atoms with E-state index in [2.05, 4.69) is 60.6 Å². The fourth-order valence-corrected chi connectivity index (χ4v) is 3.70. The molecule has 3 rings (SSSR count). The van der Waals surface area contributed by atoms with E-state index in [1.54, 1.807) is 4.90 Å². The van der Waals surface area contributed by atoms with Crippen molar-refractivity contribution in [2.45, 2.75) is 46.2 Å². The molecular formula is C18H28N5+. The molecule has 1 fully saturated rings. The van der Waals surface area contributed by atoms with Crippen LogP contribution in [0.1, 0.15) is 51.0 Å². The second-order valence-corrected chi connectivity index (χ2v) is 7.24. The van der Waals surface area contributed by atoms with Gasteiger partial charge < -0.3 is 4.90 Å². The van der Waals surface area contributed by atoms with E-state index in [4.69, 9.17) is 0 Å². The molecule has 1 aliphatic heterocycles. The molecule has 2 aromatic rings. The Balaban J connectivity index is 1.82. The zero-order valence-electron chi connectivity index (χ0n) is 14.4. The van der Waals surface area contributed by atoms with Gasteiger partial charge in [-0.3, -0.25) is 0 Å². The van der Waals surface area contributed by atoms with Gasteiger partial charge in [0, 0.05) is 5.92 Å². The van der Waals surface area contributed by atoms with Gasteiger partial charge in [0.25, 0.3) is 0 Å². The third kappa shape index (κ3) is 3.78. The number of benzene rings is 1. The number of hydrogen-bond donors (Lipinski definition) is 1. The molecule has 0 radical (unpaired) electrons. The summed E-state index contributed by atoms with van der Waals surface area (Å²) in [6.45, 7) is 10.1. The third-order valence-corrected chi connectivity index (χ3v) is 5.04. The summed E-state index contributed by atoms with van der Waals surface area (Å²) in [6, 6.07) is 10.8. The van der Waals surface area contributed by atoms with E-state index in [-0.39, 0.29) is 0 Å². The lowest BCUT2D eigenvalue weighted by Crippen LogP contribution is -3.14. The lowest BCUT2D eigenvalue weighted by atomic mass is 9.94. The smallest absolute Gasteiger partial charge is 0.209 e. The van der Waals surface area contributed by atoms with Crippen LogP contribution in [0.5, 0.6) is 0 Å². The van der Waals surface area contributed by atoms with E-state index in [0.717, 1.165) is 18.3 Å². The molecule has 124 valence electrons. The summed E-state index contributed by atoms with van der Waals surface area (Å²) < 4.78 is 1.99. The lowest BCUT2D eigenvalue weighted by molar-refractivity contribution is -0.942. The van der Waals surface area contributed by atoms with Crippen molar-refractivity contribution in [3.05, 3.63) is 41.7 Å². The van der Waals surface area contributed by atoms with Crippen LogP contribution >= 0.6 is 0 Å². The van der Waals surface area contributed by atoms with Gasteiger partial charge in [-0.2, -0.15) is 0 Å². The van der Waals surface area contributed by atoms with Gasteiger partial charge in [-0.1, -0.05) is 51.1 Å². The van der Waals surface area contributed by atoms with Crippen molar-refractivity contribution < 1.29 is 4.90 Å². The van der Waals surface area contributed by atoms with Gasteiger partial charge in [0.05, 0.1) is 19.6 Å². The zero-order chi connectivity index (χ0) is 16.2. The number of piperidine rings is 1. The topological polar surface area (TPSA) is 48.0 Å². The van der Waals surface area contributed by atoms with E-state index in [1.165, 1.54) is 31.5 Å². The van der Waals surface area contributed by atoms with Gasteiger partial charge in [-0.25, -0.2) is 4.68 Å². The zero-order valence-corrected chi connectivity index (χ0v) is 14.4. The van der Waals surface area contributed by atoms with Crippen LogP contribution in [0.2, 0.25) is 0 Å². The standard InChI is InChI=1S/C18H27N5/c1-14(2)17(22-11-9-15(3)10-12-22)18-19-20-21-23(18)13-16-7-5-4-6-8-16/h4-8,14-15,17H,9-13H2,1-3H3/p+1/t17-/m1/s1. The molecule has 0 spiro atoms. The van der Waals surface area contributed by atoms with Crippen molar-refractivity contribution in [2.75, 3.05) is 13.1 Å². The molecule has 1 aromatic carbocycles. The maximum Gasteiger partial charge on any atom is 0.209 e. The van der Waals surface area contributed by atoms with Crippen molar-refractivity contribution in [3.63, 3.8) is 0 Å². The Morgan fingerprint density at radius 3 is 2.52 bits per heavy atom. The molecule has 23 heavy (non-hydrogen) atoms. The largest absolute Gasteiger partial charge is 0.326 e. The molecule has 0 unspecified atom stereocenters. The number of nitrogens with zero attached hydrogens (tertiary/aromatic N) is 4. The fourth-order valence-electron chi connectivity index (χ4n) is 3.70. The normalized spacial score (nSPS) is 23.1. The number of aromatic nitrogens is 4. The van der Waals surface area contributed by atoms with E-state index in [0.29, 0.717) is 12.0 Å². The van der Waals surface area contributed by atoms with Crippen molar-refractivity contribution in [1.29, 1.82) is 0 Å². The Kier molecular flexibility index (Phi) is 5.06. The average Bonchev–Trinajstić information content (AvgIpc) is 2.98. The molecule has 1 aromatic heterocycles. The summed E-state index contributed by atoms with van der Waals surface area (Å²) in [5, 5.41) is 12.7. The Bertz CT molecular complexity index is 599. The summed E-state index contributed by atoms with van der Waals surface area (Å²) in [6.07, 6.45) is 2.61. The van der Waals surface area contributed by atoms with E-state index < -0.39 is 0 Å². The first-order chi connectivity index (χ1) is 11.1. The van der Waals surface area contributed by atoms with Gasteiger partial charge in [0.15, 0.2) is 6.04 Å². The van der Waals surface area contributed by atoms with E-state index >= 15 is 0 Å². The number of rotatable bonds is 5. The van der Waals surface area contributed by atoms with Gasteiger partial charge in [0.2, 0.25) is 5.82 Å². The first-order valence-corrected chi connectivity index (χ1v) is 8.79. The highest BCUT2D eigenvalue weighted by Crippen LogP contribution is 2.19. The number of likely N-dealkylation sites (tertiary alicyclic amines) is 1. The second-order valence-electron chi connectivity index (χ2n) is 7.24. The van der Waals surface area contributed by atoms with Crippen LogP contribution in [0.4, 0.5) is 0 Å². The van der Waals surface area contributed by atoms with Gasteiger partial charge in [0.1, 0.15) is 0 Å². The van der Waals surface area contributed by atoms with Crippen LogP contribution in [0.25, 0.3) is 0 Å². The van der Waals surface area contributed by atoms with Crippen molar-refractivity contribution >= 4 is 0 Å². The summed E-state index contributed by atoms with van der Waals surface area (Å²) >= 11 is 0. The first-order valence-electron chi connectivity index (χ1n) is 8.79. The van der Waals surface area contributed by atoms with Crippen molar-refractivity contribution in [2.24, 2.45) is 11.8 Å². The SMILES string of the molecule is CC1CC[NH+]([C@@H](c2nnnn2Cc2ccccc2)C(C)C)CC1. The maximum absolute atomic E-state index is 4.41. The number of nitrogens with one attached hydrogen (secondary N) is 1. The molecule has 2 heterocycles. The first kappa shape index (κ1) is 16.1. The minimum atomic E-state index is 0.376. The number of hydrogen-bond acceptors (Lipinski definition) is 3. The van der Waals surface area contributed by atoms with Crippen LogP contribution in [0.15, 0.2) is 30.3 Å². The Morgan fingerprint density at radius 1 is 1.17 bits per heavy atom. The minimum absolute atomic E-state index is 0.376. The quantitative estimate of drug-likeness (QED) is 0.914. The summed E-state index contributed by atoms with van der Waals surface area (Å²) in [4.78, 5) is 1.64. The minimum Gasteiger partial charge on any atom is -0.326 e. The van der Waals surface area contributed by atoms with Crippen LogP contribution < -0.4 is 4.90 Å². The van der Waals surface area contributed by atoms with Crippen LogP contribution in [0, 0.1) is 11.8 Å². The highest BCUT2D eigenvalue weighted by molar-refractivity contribution is 5.15. The van der Waals surface area contributed by atoms with Crippen LogP contribution in [0.3, 0.4) is 0 Å². The average molecular weight is 314 g/mol. The van der Waals surface area contributed by atoms with Gasteiger partial charge >= 0.3 is 0 Å². The molecule has 0 aliphatic carbocycles. The van der Waals surface area contributed by atoms with E-state index in [9.17, 15) is 0 Å². The Labute approximate surface area is 138 Å². The molecule has 0 amide bonds. The summed E-state index contributed by atoms with van der Waals surface area (Å²) in [5.74, 6) is 2.42. The molecule has 1 aliphatic rings. The molecule has 5 heteroatoms. The molecule has 1 saturated heterocycles. The number of quaternary nitrogens is 1. The highest BCUT2D eigenvalue weighted by Gasteiger charge is 2.34. The predicted octanol–water partition coefficient (Wildman–Crippen LogP) is 1.73. The molecule has 1 atom stereocenters. The molecular weight excluding hydrogens is 286 g/mol. The maximum atomic E-state index is 4.41. The van der Waals surface area contributed by atoms with Crippen LogP contribution in [-0.2, 0) is 6.54 Å². The second kappa shape index (κ2) is 7.21. The summed E-state index contributed by atoms with van der Waals surface area (Å²) in [5.41, 5.74) is 1.24. The molecule has 5 nitrogen and oxygen atoms in total. The molecule has 1 N–H and O–H groups in total. The van der Waals surface area contributed by atoms with Crippen molar-refractivity contribution in [3.8, 4) is 0 Å². The number of tetrazole rings is 1. The van der Waals surface area contributed by atoms with Gasteiger partial charge in [-0.15, -0.1) is 5.10 Å². The molecule has 0 saturated carbocycles. The predicted molar refractivity (Wildman–Crippen MR) is 90.0 cm³/mol. The lowest BCUT2D eigenvalue weighted by Gasteiger charge is -2.34. The fraction of sp³-hybridized carbons (Fsp3) is 0.611. The Hall–Kier alpha value is -1.75. The highest BCUT2D eigenvalue weighted by atomic mass is 15.5. The Morgan fingerprint density at radius 2 is 1.87 bits per heavy atom. The van der Waals surface area contributed by atoms with Gasteiger partial charge in [-0.05, 0) is 34.7 Å². The summed E-state index contributed by atoms with van der Waals surface area (Å²) in [7, 11) is 0. The van der Waals surface area contributed by atoms with Crippen molar-refractivity contribution in [1.82, 2.24) is 20.2 Å². The van der Waals surface area contributed by atoms with E-state index in [1.807, 2.05) is 10.7 Å². The molecule has 0 bridgehead atoms. The van der Waals surface area contributed by atoms with Crippen LogP contribution in [-0.4, -0.2) is 33.3 Å². The monoisotopic (exact) mass is 314 g/mol. The third-order valence-electron chi connectivity index (χ3n) is 5.04.